The van der Waals surface area contributed by atoms with Gasteiger partial charge in [0.05, 0.1) is 13.2 Å². The van der Waals surface area contributed by atoms with Gasteiger partial charge in [0.15, 0.2) is 0 Å². The summed E-state index contributed by atoms with van der Waals surface area (Å²) in [4.78, 5) is 29.1. The maximum Gasteiger partial charge on any atom is 0.322 e. The highest BCUT2D eigenvalue weighted by molar-refractivity contribution is 6.30. The zero-order valence-electron chi connectivity index (χ0n) is 18.0. The first-order valence-electron chi connectivity index (χ1n) is 10.0. The Hall–Kier alpha value is -3.49. The highest BCUT2D eigenvalue weighted by Crippen LogP contribution is 2.31. The van der Waals surface area contributed by atoms with E-state index in [1.165, 1.54) is 19.2 Å². The first-order chi connectivity index (χ1) is 15.7. The Morgan fingerprint density at radius 2 is 1.88 bits per heavy atom. The van der Waals surface area contributed by atoms with Gasteiger partial charge in [0, 0.05) is 16.3 Å². The molecule has 1 aromatic heterocycles. The van der Waals surface area contributed by atoms with Gasteiger partial charge in [-0.15, -0.1) is 0 Å². The monoisotopic (exact) mass is 471 g/mol. The molecule has 0 aliphatic heterocycles. The molecular formula is C24H23ClFN3O4. The third-order valence-electron chi connectivity index (χ3n) is 4.98. The zero-order chi connectivity index (χ0) is 24.1. The number of halogens is 2. The van der Waals surface area contributed by atoms with Crippen LogP contribution in [-0.2, 0) is 16.0 Å². The van der Waals surface area contributed by atoms with Crippen LogP contribution >= 0.6 is 11.6 Å². The predicted molar refractivity (Wildman–Crippen MR) is 121 cm³/mol. The van der Waals surface area contributed by atoms with E-state index in [1.54, 1.807) is 37.3 Å². The second-order valence-electron chi connectivity index (χ2n) is 7.50. The van der Waals surface area contributed by atoms with Crippen molar-refractivity contribution in [2.24, 2.45) is 5.73 Å². The first-order valence-corrected chi connectivity index (χ1v) is 10.4. The average Bonchev–Trinajstić information content (AvgIpc) is 2.78. The Bertz CT molecular complexity index is 1170. The third kappa shape index (κ3) is 6.06. The topological polar surface area (TPSA) is 115 Å². The number of nitrogens with one attached hydrogen (secondary N) is 1. The fourth-order valence-electron chi connectivity index (χ4n) is 3.42. The molecule has 3 aromatic rings. The number of rotatable bonds is 7. The number of methoxy groups -OCH3 is 1. The Morgan fingerprint density at radius 3 is 2.55 bits per heavy atom. The molecule has 7 nitrogen and oxygen atoms in total. The van der Waals surface area contributed by atoms with E-state index in [-0.39, 0.29) is 23.4 Å². The molecule has 1 amide bonds. The van der Waals surface area contributed by atoms with Crippen LogP contribution in [0, 0.1) is 12.7 Å². The van der Waals surface area contributed by atoms with Crippen molar-refractivity contribution in [2.45, 2.75) is 25.4 Å². The van der Waals surface area contributed by atoms with Gasteiger partial charge in [-0.1, -0.05) is 23.7 Å². The van der Waals surface area contributed by atoms with Crippen molar-refractivity contribution >= 4 is 23.5 Å². The molecule has 4 N–H and O–H groups in total. The number of ether oxygens (including phenoxy) is 1. The lowest BCUT2D eigenvalue weighted by atomic mass is 9.97. The van der Waals surface area contributed by atoms with Gasteiger partial charge in [-0.2, -0.15) is 0 Å². The van der Waals surface area contributed by atoms with Crippen LogP contribution in [0.25, 0.3) is 0 Å². The number of hydrogen-bond donors (Lipinski definition) is 3. The minimum atomic E-state index is -0.890. The molecule has 0 fully saturated rings. The van der Waals surface area contributed by atoms with Gasteiger partial charge >= 0.3 is 5.97 Å². The largest absolute Gasteiger partial charge is 0.508 e. The molecule has 3 rings (SSSR count). The summed E-state index contributed by atoms with van der Waals surface area (Å²) in [6.07, 6.45) is 0.154. The quantitative estimate of drug-likeness (QED) is 0.455. The number of pyridine rings is 1. The number of aromatic nitrogens is 1. The van der Waals surface area contributed by atoms with Gasteiger partial charge < -0.3 is 20.9 Å². The van der Waals surface area contributed by atoms with Crippen LogP contribution in [0.4, 0.5) is 4.39 Å². The lowest BCUT2D eigenvalue weighted by Gasteiger charge is -2.21. The summed E-state index contributed by atoms with van der Waals surface area (Å²) in [7, 11) is 1.25. The molecule has 33 heavy (non-hydrogen) atoms. The summed E-state index contributed by atoms with van der Waals surface area (Å²) in [5.41, 5.74) is 7.85. The van der Waals surface area contributed by atoms with Crippen molar-refractivity contribution in [3.63, 3.8) is 0 Å². The predicted octanol–water partition coefficient (Wildman–Crippen LogP) is 3.45. The Balaban J connectivity index is 1.95. The number of benzene rings is 2. The molecule has 0 saturated carbocycles. The molecule has 0 radical (unpaired) electrons. The maximum absolute atomic E-state index is 14.0. The summed E-state index contributed by atoms with van der Waals surface area (Å²) in [6.45, 7) is 1.71. The van der Waals surface area contributed by atoms with Crippen molar-refractivity contribution in [2.75, 3.05) is 7.11 Å². The van der Waals surface area contributed by atoms with Crippen molar-refractivity contribution in [1.82, 2.24) is 10.3 Å². The Kier molecular flexibility index (Phi) is 7.63. The number of amides is 1. The summed E-state index contributed by atoms with van der Waals surface area (Å²) in [6, 6.07) is 11.6. The fraction of sp³-hybridized carbons (Fsp3) is 0.208. The van der Waals surface area contributed by atoms with Crippen molar-refractivity contribution in [3.8, 4) is 5.75 Å². The maximum atomic E-state index is 14.0. The van der Waals surface area contributed by atoms with Crippen molar-refractivity contribution in [1.29, 1.82) is 0 Å². The van der Waals surface area contributed by atoms with Gasteiger partial charge in [-0.25, -0.2) is 9.37 Å². The highest BCUT2D eigenvalue weighted by Gasteiger charge is 2.23. The molecule has 0 bridgehead atoms. The molecule has 0 aliphatic carbocycles. The lowest BCUT2D eigenvalue weighted by molar-refractivity contribution is -0.142. The normalized spacial score (nSPS) is 12.6. The van der Waals surface area contributed by atoms with Gasteiger partial charge in [-0.3, -0.25) is 9.59 Å². The van der Waals surface area contributed by atoms with E-state index >= 15 is 0 Å². The molecule has 9 heteroatoms. The van der Waals surface area contributed by atoms with Crippen LogP contribution in [0.3, 0.4) is 0 Å². The molecule has 0 spiro atoms. The number of nitrogens with zero attached hydrogens (tertiary/aromatic N) is 1. The molecule has 0 saturated heterocycles. The molecule has 2 atom stereocenters. The molecule has 2 aromatic carbocycles. The van der Waals surface area contributed by atoms with Crippen LogP contribution < -0.4 is 11.1 Å². The number of nitrogens with two attached hydrogens (primary N) is 1. The highest BCUT2D eigenvalue weighted by atomic mass is 35.5. The van der Waals surface area contributed by atoms with Crippen LogP contribution in [0.2, 0.25) is 5.02 Å². The van der Waals surface area contributed by atoms with E-state index in [4.69, 9.17) is 17.3 Å². The fourth-order valence-corrected chi connectivity index (χ4v) is 3.55. The average molecular weight is 472 g/mol. The smallest absolute Gasteiger partial charge is 0.322 e. The van der Waals surface area contributed by atoms with Crippen LogP contribution in [-0.4, -0.2) is 35.1 Å². The number of hydrogen-bond acceptors (Lipinski definition) is 6. The lowest BCUT2D eigenvalue weighted by Crippen LogP contribution is -2.34. The van der Waals surface area contributed by atoms with Crippen molar-refractivity contribution < 1.29 is 23.8 Å². The first kappa shape index (κ1) is 24.2. The minimum absolute atomic E-state index is 0.0805. The van der Waals surface area contributed by atoms with E-state index in [9.17, 15) is 19.1 Å². The number of aryl methyl sites for hydroxylation is 1. The minimum Gasteiger partial charge on any atom is -0.508 e. The standard InChI is InChI=1S/C24H23ClFN3O4/c1-13-9-14(10-19(27)24(32)33-2)11-20(28-13)23(31)29-22(15-3-5-16(25)6-4-15)18-12-17(26)7-8-21(18)30/h3-9,11-12,19,22,30H,10,27H2,1-2H3,(H,29,31)/t19-,22?/m0/s1. The van der Waals surface area contributed by atoms with Crippen LogP contribution in [0.5, 0.6) is 5.75 Å². The van der Waals surface area contributed by atoms with Gasteiger partial charge in [0.2, 0.25) is 0 Å². The van der Waals surface area contributed by atoms with E-state index in [0.717, 1.165) is 12.1 Å². The third-order valence-corrected chi connectivity index (χ3v) is 5.24. The number of esters is 1. The molecule has 172 valence electrons. The van der Waals surface area contributed by atoms with E-state index in [1.807, 2.05) is 0 Å². The SMILES string of the molecule is COC(=O)[C@@H](N)Cc1cc(C)nc(C(=O)NC(c2ccc(Cl)cc2)c2cc(F)ccc2O)c1. The second-order valence-corrected chi connectivity index (χ2v) is 7.93. The Labute approximate surface area is 195 Å². The van der Waals surface area contributed by atoms with Gasteiger partial charge in [-0.05, 0) is 66.9 Å². The van der Waals surface area contributed by atoms with E-state index in [0.29, 0.717) is 21.8 Å². The van der Waals surface area contributed by atoms with Crippen molar-refractivity contribution in [3.05, 3.63) is 93.5 Å². The van der Waals surface area contributed by atoms with Gasteiger partial charge in [0.1, 0.15) is 23.3 Å². The zero-order valence-corrected chi connectivity index (χ0v) is 18.8. The second kappa shape index (κ2) is 10.4. The number of aromatic hydroxyl groups is 1. The van der Waals surface area contributed by atoms with Crippen LogP contribution in [0.1, 0.15) is 38.9 Å². The number of carbonyl (C=O) groups is 2. The summed E-state index contributed by atoms with van der Waals surface area (Å²) >= 11 is 5.98. The van der Waals surface area contributed by atoms with Crippen LogP contribution in [0.15, 0.2) is 54.6 Å². The molecule has 0 aliphatic rings. The summed E-state index contributed by atoms with van der Waals surface area (Å²) in [5, 5.41) is 13.6. The van der Waals surface area contributed by atoms with Gasteiger partial charge in [0.25, 0.3) is 5.91 Å². The number of phenolic OH excluding ortho intramolecular Hbond substituents is 1. The molecule has 1 unspecified atom stereocenters. The molecule has 1 heterocycles. The number of phenols is 1. The van der Waals surface area contributed by atoms with E-state index < -0.39 is 29.8 Å². The van der Waals surface area contributed by atoms with E-state index in [2.05, 4.69) is 15.0 Å². The summed E-state index contributed by atoms with van der Waals surface area (Å²) < 4.78 is 18.6. The number of carbonyl (C=O) groups excluding carboxylic acids is 2. The summed E-state index contributed by atoms with van der Waals surface area (Å²) in [5.74, 6) is -1.88. The molecular weight excluding hydrogens is 449 g/mol. The Morgan fingerprint density at radius 1 is 1.18 bits per heavy atom.